The van der Waals surface area contributed by atoms with Crippen molar-refractivity contribution in [3.05, 3.63) is 24.3 Å². The molecule has 126 valence electrons. The van der Waals surface area contributed by atoms with Crippen LogP contribution in [0.25, 0.3) is 0 Å². The highest BCUT2D eigenvalue weighted by atomic mass is 16.5. The monoisotopic (exact) mass is 321 g/mol. The van der Waals surface area contributed by atoms with Gasteiger partial charge in [0.2, 0.25) is 0 Å². The number of benzene rings is 1. The minimum absolute atomic E-state index is 0.0224. The van der Waals surface area contributed by atoms with Crippen LogP contribution in [0.2, 0.25) is 0 Å². The lowest BCUT2D eigenvalue weighted by Gasteiger charge is -2.09. The van der Waals surface area contributed by atoms with Crippen molar-refractivity contribution in [3.8, 4) is 11.5 Å². The molecule has 0 heterocycles. The van der Waals surface area contributed by atoms with Crippen molar-refractivity contribution in [3.63, 3.8) is 0 Å². The Morgan fingerprint density at radius 1 is 1.17 bits per heavy atom. The molecule has 0 bridgehead atoms. The fourth-order valence-electron chi connectivity index (χ4n) is 2.10. The summed E-state index contributed by atoms with van der Waals surface area (Å²) < 4.78 is 15.8. The predicted octanol–water partition coefficient (Wildman–Crippen LogP) is 1.78. The molecule has 2 rings (SSSR count). The number of ether oxygens (including phenoxy) is 3. The highest BCUT2D eigenvalue weighted by Crippen LogP contribution is 2.38. The van der Waals surface area contributed by atoms with Crippen LogP contribution in [-0.2, 0) is 14.3 Å². The summed E-state index contributed by atoms with van der Waals surface area (Å²) in [5.74, 6) is 1.26. The number of carbonyl (C=O) groups is 2. The van der Waals surface area contributed by atoms with Crippen LogP contribution in [0.15, 0.2) is 24.3 Å². The summed E-state index contributed by atoms with van der Waals surface area (Å²) in [5, 5.41) is 2.64. The quantitative estimate of drug-likeness (QED) is 0.554. The van der Waals surface area contributed by atoms with Crippen LogP contribution in [0.4, 0.5) is 0 Å². The normalized spacial score (nSPS) is 18.9. The Labute approximate surface area is 136 Å². The average Bonchev–Trinajstić information content (AvgIpc) is 3.28. The molecule has 1 aromatic carbocycles. The maximum atomic E-state index is 11.5. The Balaban J connectivity index is 1.55. The molecular formula is C17H23NO5. The molecule has 1 fully saturated rings. The number of amides is 1. The maximum absolute atomic E-state index is 11.5. The van der Waals surface area contributed by atoms with E-state index in [1.807, 2.05) is 38.1 Å². The van der Waals surface area contributed by atoms with E-state index in [1.54, 1.807) is 0 Å². The first kappa shape index (κ1) is 17.1. The average molecular weight is 321 g/mol. The second-order valence-corrected chi connectivity index (χ2v) is 5.53. The van der Waals surface area contributed by atoms with Gasteiger partial charge in [-0.3, -0.25) is 9.59 Å². The van der Waals surface area contributed by atoms with Crippen molar-refractivity contribution in [2.45, 2.75) is 20.3 Å². The number of carbonyl (C=O) groups excluding carboxylic acids is 2. The number of esters is 1. The summed E-state index contributed by atoms with van der Waals surface area (Å²) in [6, 6.07) is 7.28. The molecule has 1 amide bonds. The fraction of sp³-hybridized carbons (Fsp3) is 0.529. The molecule has 1 aliphatic rings. The zero-order chi connectivity index (χ0) is 16.7. The Morgan fingerprint density at radius 3 is 2.35 bits per heavy atom. The van der Waals surface area contributed by atoms with Gasteiger partial charge in [-0.25, -0.2) is 0 Å². The minimum Gasteiger partial charge on any atom is -0.494 e. The van der Waals surface area contributed by atoms with Crippen LogP contribution in [-0.4, -0.2) is 38.2 Å². The third kappa shape index (κ3) is 5.81. The van der Waals surface area contributed by atoms with Crippen LogP contribution in [0, 0.1) is 11.8 Å². The van der Waals surface area contributed by atoms with Gasteiger partial charge in [-0.05, 0) is 43.5 Å². The summed E-state index contributed by atoms with van der Waals surface area (Å²) in [7, 11) is 0. The molecule has 1 aliphatic carbocycles. The molecule has 0 aromatic heterocycles. The Kier molecular flexibility index (Phi) is 6.26. The highest BCUT2D eigenvalue weighted by molar-refractivity contribution is 5.82. The molecule has 0 spiro atoms. The van der Waals surface area contributed by atoms with Crippen molar-refractivity contribution in [1.29, 1.82) is 0 Å². The lowest BCUT2D eigenvalue weighted by atomic mass is 10.3. The molecule has 0 aliphatic heterocycles. The molecule has 6 heteroatoms. The third-order valence-corrected chi connectivity index (χ3v) is 3.59. The first-order chi connectivity index (χ1) is 11.1. The molecule has 1 saturated carbocycles. The molecule has 0 unspecified atom stereocenters. The van der Waals surface area contributed by atoms with E-state index in [4.69, 9.17) is 14.2 Å². The first-order valence-electron chi connectivity index (χ1n) is 7.89. The van der Waals surface area contributed by atoms with E-state index in [2.05, 4.69) is 5.32 Å². The molecular weight excluding hydrogens is 298 g/mol. The molecule has 6 nitrogen and oxygen atoms in total. The molecule has 0 radical (unpaired) electrons. The van der Waals surface area contributed by atoms with Crippen molar-refractivity contribution < 1.29 is 23.8 Å². The number of hydrogen-bond donors (Lipinski definition) is 1. The van der Waals surface area contributed by atoms with Gasteiger partial charge in [0.1, 0.15) is 18.1 Å². The molecule has 1 aromatic rings. The van der Waals surface area contributed by atoms with Crippen molar-refractivity contribution in [2.75, 3.05) is 26.4 Å². The SMILES string of the molecule is CCOc1ccc(OCCNC(=O)COC(=O)[C@@H]2C[C@H]2C)cc1. The molecule has 2 atom stereocenters. The van der Waals surface area contributed by atoms with E-state index in [0.29, 0.717) is 31.4 Å². The van der Waals surface area contributed by atoms with Gasteiger partial charge >= 0.3 is 5.97 Å². The lowest BCUT2D eigenvalue weighted by molar-refractivity contribution is -0.150. The second-order valence-electron chi connectivity index (χ2n) is 5.53. The van der Waals surface area contributed by atoms with Gasteiger partial charge < -0.3 is 19.5 Å². The van der Waals surface area contributed by atoms with E-state index in [0.717, 1.165) is 12.2 Å². The van der Waals surface area contributed by atoms with E-state index in [9.17, 15) is 9.59 Å². The molecule has 23 heavy (non-hydrogen) atoms. The Bertz CT molecular complexity index is 528. The maximum Gasteiger partial charge on any atom is 0.309 e. The Hall–Kier alpha value is -2.24. The molecule has 0 saturated heterocycles. The standard InChI is InChI=1S/C17H23NO5/c1-3-21-13-4-6-14(7-5-13)22-9-8-18-16(19)11-23-17(20)15-10-12(15)2/h4-7,12,15H,3,8-11H2,1-2H3,(H,18,19)/t12-,15-/m1/s1. The van der Waals surface area contributed by atoms with Gasteiger partial charge in [0.05, 0.1) is 19.1 Å². The summed E-state index contributed by atoms with van der Waals surface area (Å²) in [4.78, 5) is 23.0. The number of hydrogen-bond acceptors (Lipinski definition) is 5. The predicted molar refractivity (Wildman–Crippen MR) is 84.3 cm³/mol. The zero-order valence-electron chi connectivity index (χ0n) is 13.5. The van der Waals surface area contributed by atoms with Crippen LogP contribution in [0.3, 0.4) is 0 Å². The van der Waals surface area contributed by atoms with Gasteiger partial charge in [0.25, 0.3) is 5.91 Å². The summed E-state index contributed by atoms with van der Waals surface area (Å²) in [6.07, 6.45) is 0.858. The summed E-state index contributed by atoms with van der Waals surface area (Å²) in [5.41, 5.74) is 0. The van der Waals surface area contributed by atoms with E-state index in [-0.39, 0.29) is 24.4 Å². The summed E-state index contributed by atoms with van der Waals surface area (Å²) >= 11 is 0. The summed E-state index contributed by atoms with van der Waals surface area (Å²) in [6.45, 7) is 5.00. The first-order valence-corrected chi connectivity index (χ1v) is 7.89. The smallest absolute Gasteiger partial charge is 0.309 e. The number of nitrogens with one attached hydrogen (secondary N) is 1. The van der Waals surface area contributed by atoms with E-state index < -0.39 is 0 Å². The lowest BCUT2D eigenvalue weighted by Crippen LogP contribution is -2.32. The van der Waals surface area contributed by atoms with Crippen LogP contribution in [0.1, 0.15) is 20.3 Å². The Morgan fingerprint density at radius 2 is 1.78 bits per heavy atom. The van der Waals surface area contributed by atoms with Crippen molar-refractivity contribution in [1.82, 2.24) is 5.32 Å². The van der Waals surface area contributed by atoms with E-state index >= 15 is 0 Å². The van der Waals surface area contributed by atoms with Crippen molar-refractivity contribution >= 4 is 11.9 Å². The van der Waals surface area contributed by atoms with Crippen molar-refractivity contribution in [2.24, 2.45) is 11.8 Å². The second kappa shape index (κ2) is 8.41. The van der Waals surface area contributed by atoms with Gasteiger partial charge in [-0.1, -0.05) is 6.92 Å². The van der Waals surface area contributed by atoms with Crippen LogP contribution in [0.5, 0.6) is 11.5 Å². The van der Waals surface area contributed by atoms with Gasteiger partial charge in [-0.15, -0.1) is 0 Å². The fourth-order valence-corrected chi connectivity index (χ4v) is 2.10. The highest BCUT2D eigenvalue weighted by Gasteiger charge is 2.40. The minimum atomic E-state index is -0.318. The van der Waals surface area contributed by atoms with Gasteiger partial charge in [0, 0.05) is 0 Å². The third-order valence-electron chi connectivity index (χ3n) is 3.59. The van der Waals surface area contributed by atoms with Gasteiger partial charge in [0.15, 0.2) is 6.61 Å². The zero-order valence-corrected chi connectivity index (χ0v) is 13.5. The largest absolute Gasteiger partial charge is 0.494 e. The van der Waals surface area contributed by atoms with Gasteiger partial charge in [-0.2, -0.15) is 0 Å². The van der Waals surface area contributed by atoms with Crippen LogP contribution >= 0.6 is 0 Å². The topological polar surface area (TPSA) is 73.9 Å². The molecule has 1 N–H and O–H groups in total. The number of rotatable bonds is 9. The van der Waals surface area contributed by atoms with Crippen LogP contribution < -0.4 is 14.8 Å². The van der Waals surface area contributed by atoms with E-state index in [1.165, 1.54) is 0 Å².